The number of methoxy groups -OCH3 is 2. The normalized spacial score (nSPS) is 10.9. The van der Waals surface area contributed by atoms with Crippen molar-refractivity contribution in [2.24, 2.45) is 5.10 Å². The van der Waals surface area contributed by atoms with Crippen LogP contribution in [0.15, 0.2) is 59.7 Å². The topological polar surface area (TPSA) is 115 Å². The summed E-state index contributed by atoms with van der Waals surface area (Å²) in [5, 5.41) is 8.39. The number of carbonyl (C=O) groups excluding carboxylic acids is 3. The van der Waals surface area contributed by atoms with Gasteiger partial charge in [-0.05, 0) is 41.5 Å². The van der Waals surface area contributed by atoms with Crippen LogP contribution in [-0.2, 0) is 9.59 Å². The molecule has 0 aromatic heterocycles. The fourth-order valence-corrected chi connectivity index (χ4v) is 4.34. The second-order valence-electron chi connectivity index (χ2n) is 9.60. The fraction of sp³-hybridized carbons (Fsp3) is 0.375. The number of ether oxygens (including phenoxy) is 3. The van der Waals surface area contributed by atoms with E-state index in [0.717, 1.165) is 30.0 Å². The van der Waals surface area contributed by atoms with E-state index < -0.39 is 11.9 Å². The highest BCUT2D eigenvalue weighted by molar-refractivity contribution is 6.04. The number of benzene rings is 3. The van der Waals surface area contributed by atoms with Gasteiger partial charge in [-0.15, -0.1) is 0 Å². The molecule has 2 amide bonds. The summed E-state index contributed by atoms with van der Waals surface area (Å²) in [4.78, 5) is 37.3. The molecule has 3 aromatic carbocycles. The van der Waals surface area contributed by atoms with E-state index >= 15 is 0 Å². The summed E-state index contributed by atoms with van der Waals surface area (Å²) < 4.78 is 16.3. The van der Waals surface area contributed by atoms with E-state index in [4.69, 9.17) is 14.2 Å². The Labute approximate surface area is 241 Å². The van der Waals surface area contributed by atoms with Crippen LogP contribution < -0.4 is 25.0 Å². The minimum absolute atomic E-state index is 0.156. The Hall–Kier alpha value is -4.40. The zero-order valence-electron chi connectivity index (χ0n) is 24.0. The highest BCUT2D eigenvalue weighted by atomic mass is 16.5. The van der Waals surface area contributed by atoms with Crippen molar-refractivity contribution >= 4 is 34.8 Å². The number of hydrogen-bond donors (Lipinski definition) is 2. The van der Waals surface area contributed by atoms with Crippen LogP contribution in [0.4, 0.5) is 0 Å². The van der Waals surface area contributed by atoms with Gasteiger partial charge in [0.05, 0.1) is 32.5 Å². The summed E-state index contributed by atoms with van der Waals surface area (Å²) in [6.07, 6.45) is 9.68. The lowest BCUT2D eigenvalue weighted by Gasteiger charge is -2.12. The molecule has 41 heavy (non-hydrogen) atoms. The van der Waals surface area contributed by atoms with Gasteiger partial charge in [-0.2, -0.15) is 5.10 Å². The van der Waals surface area contributed by atoms with E-state index in [-0.39, 0.29) is 23.8 Å². The summed E-state index contributed by atoms with van der Waals surface area (Å²) in [7, 11) is 3.00. The zero-order valence-corrected chi connectivity index (χ0v) is 24.0. The number of esters is 1. The largest absolute Gasteiger partial charge is 0.493 e. The highest BCUT2D eigenvalue weighted by Gasteiger charge is 2.16. The van der Waals surface area contributed by atoms with Gasteiger partial charge in [0.1, 0.15) is 5.75 Å². The third kappa shape index (κ3) is 9.63. The number of amides is 2. The van der Waals surface area contributed by atoms with E-state index in [1.54, 1.807) is 18.2 Å². The Bertz CT molecular complexity index is 1350. The number of nitrogens with one attached hydrogen (secondary N) is 2. The van der Waals surface area contributed by atoms with Crippen molar-refractivity contribution < 1.29 is 28.6 Å². The summed E-state index contributed by atoms with van der Waals surface area (Å²) in [6.45, 7) is 2.01. The van der Waals surface area contributed by atoms with E-state index in [2.05, 4.69) is 22.8 Å². The van der Waals surface area contributed by atoms with Gasteiger partial charge in [0.25, 0.3) is 5.91 Å². The second kappa shape index (κ2) is 16.6. The predicted octanol–water partition coefficient (Wildman–Crippen LogP) is 5.78. The minimum Gasteiger partial charge on any atom is -0.493 e. The molecular formula is C32H39N3O6. The quantitative estimate of drug-likeness (QED) is 0.0753. The maximum Gasteiger partial charge on any atom is 0.343 e. The lowest BCUT2D eigenvalue weighted by molar-refractivity contribution is -0.126. The molecule has 0 spiro atoms. The number of rotatable bonds is 16. The molecule has 9 nitrogen and oxygen atoms in total. The molecule has 3 aromatic rings. The smallest absolute Gasteiger partial charge is 0.343 e. The maximum absolute atomic E-state index is 13.0. The first-order chi connectivity index (χ1) is 20.0. The third-order valence-corrected chi connectivity index (χ3v) is 6.59. The van der Waals surface area contributed by atoms with Crippen molar-refractivity contribution in [3.8, 4) is 17.2 Å². The predicted molar refractivity (Wildman–Crippen MR) is 160 cm³/mol. The average Bonchev–Trinajstić information content (AvgIpc) is 2.99. The minimum atomic E-state index is -0.594. The second-order valence-corrected chi connectivity index (χ2v) is 9.60. The molecule has 0 unspecified atom stereocenters. The molecule has 0 aliphatic heterocycles. The Morgan fingerprint density at radius 3 is 2.27 bits per heavy atom. The summed E-state index contributed by atoms with van der Waals surface area (Å²) in [5.41, 5.74) is 3.22. The van der Waals surface area contributed by atoms with Crippen molar-refractivity contribution in [1.82, 2.24) is 10.7 Å². The zero-order chi connectivity index (χ0) is 29.5. The Morgan fingerprint density at radius 2 is 1.51 bits per heavy atom. The van der Waals surface area contributed by atoms with E-state index in [9.17, 15) is 14.4 Å². The summed E-state index contributed by atoms with van der Waals surface area (Å²) in [5.74, 6) is -0.0470. The van der Waals surface area contributed by atoms with Gasteiger partial charge in [-0.1, -0.05) is 75.8 Å². The van der Waals surface area contributed by atoms with Crippen molar-refractivity contribution in [3.63, 3.8) is 0 Å². The van der Waals surface area contributed by atoms with Gasteiger partial charge in [0, 0.05) is 12.0 Å². The first-order valence-corrected chi connectivity index (χ1v) is 14.0. The standard InChI is InChI=1S/C32H39N3O6/c1-4-5-6-7-8-9-10-15-30(36)33-22-31(37)35-34-21-26-25-14-12-11-13-23(25)16-18-27(26)41-32(38)24-17-19-28(39-2)29(20-24)40-3/h11-14,16-21H,4-10,15,22H2,1-3H3,(H,33,36)(H,35,37). The van der Waals surface area contributed by atoms with Crippen molar-refractivity contribution in [3.05, 3.63) is 65.7 Å². The summed E-state index contributed by atoms with van der Waals surface area (Å²) >= 11 is 0. The van der Waals surface area contributed by atoms with Crippen LogP contribution in [0, 0.1) is 0 Å². The number of nitrogens with zero attached hydrogens (tertiary/aromatic N) is 1. The molecule has 0 saturated carbocycles. The van der Waals surface area contributed by atoms with E-state index in [0.29, 0.717) is 23.5 Å². The van der Waals surface area contributed by atoms with Crippen LogP contribution in [0.5, 0.6) is 17.2 Å². The third-order valence-electron chi connectivity index (χ3n) is 6.59. The molecule has 0 radical (unpaired) electrons. The lowest BCUT2D eigenvalue weighted by atomic mass is 10.0. The number of hydrazone groups is 1. The SMILES string of the molecule is CCCCCCCCCC(=O)NCC(=O)NN=Cc1c(OC(=O)c2ccc(OC)c(OC)c2)ccc2ccccc12. The van der Waals surface area contributed by atoms with Gasteiger partial charge in [0.15, 0.2) is 11.5 Å². The first-order valence-electron chi connectivity index (χ1n) is 14.0. The molecule has 9 heteroatoms. The lowest BCUT2D eigenvalue weighted by Crippen LogP contribution is -2.34. The van der Waals surface area contributed by atoms with Gasteiger partial charge in [0.2, 0.25) is 5.91 Å². The van der Waals surface area contributed by atoms with Gasteiger partial charge in [-0.3, -0.25) is 9.59 Å². The Kier molecular flexibility index (Phi) is 12.6. The summed E-state index contributed by atoms with van der Waals surface area (Å²) in [6, 6.07) is 15.8. The van der Waals surface area contributed by atoms with Crippen LogP contribution in [-0.4, -0.2) is 44.8 Å². The Balaban J connectivity index is 1.60. The number of carbonyl (C=O) groups is 3. The fourth-order valence-electron chi connectivity index (χ4n) is 4.34. The molecule has 0 heterocycles. The molecule has 0 fully saturated rings. The van der Waals surface area contributed by atoms with Crippen LogP contribution in [0.2, 0.25) is 0 Å². The molecule has 218 valence electrons. The number of fused-ring (bicyclic) bond motifs is 1. The van der Waals surface area contributed by atoms with E-state index in [1.165, 1.54) is 52.2 Å². The highest BCUT2D eigenvalue weighted by Crippen LogP contribution is 2.30. The van der Waals surface area contributed by atoms with Crippen LogP contribution >= 0.6 is 0 Å². The first kappa shape index (κ1) is 31.1. The van der Waals surface area contributed by atoms with Gasteiger partial charge in [-0.25, -0.2) is 10.2 Å². The molecule has 0 saturated heterocycles. The molecule has 0 bridgehead atoms. The molecule has 0 aliphatic rings. The van der Waals surface area contributed by atoms with Crippen molar-refractivity contribution in [2.75, 3.05) is 20.8 Å². The van der Waals surface area contributed by atoms with Crippen molar-refractivity contribution in [2.45, 2.75) is 58.3 Å². The van der Waals surface area contributed by atoms with E-state index in [1.807, 2.05) is 30.3 Å². The number of hydrogen-bond acceptors (Lipinski definition) is 7. The van der Waals surface area contributed by atoms with Crippen LogP contribution in [0.1, 0.15) is 74.2 Å². The number of unbranched alkanes of at least 4 members (excludes halogenated alkanes) is 6. The monoisotopic (exact) mass is 561 g/mol. The maximum atomic E-state index is 13.0. The van der Waals surface area contributed by atoms with Crippen LogP contribution in [0.3, 0.4) is 0 Å². The van der Waals surface area contributed by atoms with Crippen molar-refractivity contribution in [1.29, 1.82) is 0 Å². The molecule has 2 N–H and O–H groups in total. The van der Waals surface area contributed by atoms with Crippen LogP contribution in [0.25, 0.3) is 10.8 Å². The average molecular weight is 562 g/mol. The van der Waals surface area contributed by atoms with Gasteiger partial charge < -0.3 is 19.5 Å². The molecule has 0 atom stereocenters. The Morgan fingerprint density at radius 1 is 0.805 bits per heavy atom. The van der Waals surface area contributed by atoms with Gasteiger partial charge >= 0.3 is 5.97 Å². The molecule has 0 aliphatic carbocycles. The molecule has 3 rings (SSSR count). The molecular weight excluding hydrogens is 522 g/mol.